The molecule has 0 bridgehead atoms. The third-order valence-corrected chi connectivity index (χ3v) is 6.85. The van der Waals surface area contributed by atoms with Crippen molar-refractivity contribution in [2.45, 2.75) is 38.9 Å². The van der Waals surface area contributed by atoms with Gasteiger partial charge in [-0.25, -0.2) is 9.37 Å². The summed E-state index contributed by atoms with van der Waals surface area (Å²) in [5, 5.41) is 13.3. The van der Waals surface area contributed by atoms with E-state index >= 15 is 0 Å². The van der Waals surface area contributed by atoms with Crippen LogP contribution in [0.3, 0.4) is 0 Å². The minimum Gasteiger partial charge on any atom is -0.546 e. The molecule has 43 heavy (non-hydrogen) atoms. The number of methoxy groups -OCH3 is 1. The van der Waals surface area contributed by atoms with Crippen LogP contribution in [-0.4, -0.2) is 29.2 Å². The number of unbranched alkanes of at least 4 members (excludes halogenated alkanes) is 1. The van der Waals surface area contributed by atoms with E-state index in [1.165, 1.54) is 6.07 Å². The SMILES string of the molecule is CCCCC(Oc1ccc2cc(-c3nc(OCc4ccccc4F)cc(-c4ccc(OC)cc4)n3)ccc2c1)C(=O)[O-].[Na+]. The molecule has 1 aromatic heterocycles. The van der Waals surface area contributed by atoms with E-state index in [0.717, 1.165) is 40.5 Å². The topological polar surface area (TPSA) is 93.6 Å². The maximum atomic E-state index is 14.2. The van der Waals surface area contributed by atoms with Crippen molar-refractivity contribution in [1.82, 2.24) is 9.97 Å². The molecule has 1 atom stereocenters. The maximum absolute atomic E-state index is 14.2. The molecule has 0 fully saturated rings. The molecule has 9 heteroatoms. The van der Waals surface area contributed by atoms with Crippen molar-refractivity contribution in [1.29, 1.82) is 0 Å². The van der Waals surface area contributed by atoms with E-state index < -0.39 is 12.1 Å². The summed E-state index contributed by atoms with van der Waals surface area (Å²) in [5.41, 5.74) is 2.64. The number of carbonyl (C=O) groups excluding carboxylic acids is 1. The van der Waals surface area contributed by atoms with Gasteiger partial charge >= 0.3 is 29.6 Å². The van der Waals surface area contributed by atoms with Crippen molar-refractivity contribution in [2.24, 2.45) is 0 Å². The molecule has 0 aliphatic heterocycles. The van der Waals surface area contributed by atoms with Crippen molar-refractivity contribution in [3.05, 3.63) is 102 Å². The Hall–Kier alpha value is -3.98. The average Bonchev–Trinajstić information content (AvgIpc) is 3.02. The van der Waals surface area contributed by atoms with Crippen LogP contribution in [0.25, 0.3) is 33.4 Å². The third-order valence-electron chi connectivity index (χ3n) is 6.85. The number of ether oxygens (including phenoxy) is 3. The van der Waals surface area contributed by atoms with Gasteiger partial charge < -0.3 is 24.1 Å². The molecule has 0 aliphatic carbocycles. The van der Waals surface area contributed by atoms with E-state index in [1.54, 1.807) is 43.5 Å². The first-order valence-corrected chi connectivity index (χ1v) is 13.7. The van der Waals surface area contributed by atoms with Gasteiger partial charge in [0.2, 0.25) is 5.88 Å². The van der Waals surface area contributed by atoms with Crippen LogP contribution in [0, 0.1) is 5.82 Å². The molecular weight excluding hydrogens is 558 g/mol. The zero-order valence-electron chi connectivity index (χ0n) is 24.4. The van der Waals surface area contributed by atoms with Gasteiger partial charge in [-0.3, -0.25) is 0 Å². The van der Waals surface area contributed by atoms with Crippen LogP contribution < -0.4 is 48.9 Å². The minimum absolute atomic E-state index is 0. The summed E-state index contributed by atoms with van der Waals surface area (Å²) in [7, 11) is 1.61. The molecule has 214 valence electrons. The van der Waals surface area contributed by atoms with Gasteiger partial charge in [-0.1, -0.05) is 49.7 Å². The van der Waals surface area contributed by atoms with Gasteiger partial charge in [0.25, 0.3) is 0 Å². The Balaban J connectivity index is 0.00000423. The molecule has 0 spiro atoms. The Bertz CT molecular complexity index is 1700. The zero-order valence-corrected chi connectivity index (χ0v) is 26.4. The summed E-state index contributed by atoms with van der Waals surface area (Å²) in [4.78, 5) is 21.0. The largest absolute Gasteiger partial charge is 1.00 e. The van der Waals surface area contributed by atoms with E-state index in [-0.39, 0.29) is 42.0 Å². The fourth-order valence-corrected chi connectivity index (χ4v) is 4.52. The molecule has 0 saturated heterocycles. The van der Waals surface area contributed by atoms with E-state index in [0.29, 0.717) is 35.1 Å². The van der Waals surface area contributed by atoms with Crippen molar-refractivity contribution in [3.63, 3.8) is 0 Å². The molecule has 1 unspecified atom stereocenters. The number of aliphatic carboxylic acids is 1. The van der Waals surface area contributed by atoms with Crippen molar-refractivity contribution >= 4 is 16.7 Å². The average molecular weight is 589 g/mol. The normalized spacial score (nSPS) is 11.4. The van der Waals surface area contributed by atoms with Gasteiger partial charge in [0.05, 0.1) is 18.8 Å². The van der Waals surface area contributed by atoms with Crippen LogP contribution in [0.5, 0.6) is 17.4 Å². The first kappa shape index (κ1) is 31.9. The Morgan fingerprint density at radius 3 is 2.30 bits per heavy atom. The standard InChI is InChI=1S/C34H31FN2O5.Na/c1-3-4-9-31(34(38)39)42-28-17-14-23-18-25(11-10-24(23)19-28)33-36-30(22-12-15-27(40-2)16-13-22)20-32(37-33)41-21-26-7-5-6-8-29(26)35;/h5-8,10-20,31H,3-4,9,21H2,1-2H3,(H,38,39);/q;+1/p-1. The molecule has 5 aromatic rings. The quantitative estimate of drug-likeness (QED) is 0.206. The second-order valence-electron chi connectivity index (χ2n) is 9.82. The summed E-state index contributed by atoms with van der Waals surface area (Å²) < 4.78 is 31.2. The number of hydrogen-bond donors (Lipinski definition) is 0. The first-order valence-electron chi connectivity index (χ1n) is 13.7. The fraction of sp³-hybridized carbons (Fsp3) is 0.206. The number of carboxylic acids is 1. The van der Waals surface area contributed by atoms with Crippen molar-refractivity contribution < 1.29 is 58.1 Å². The van der Waals surface area contributed by atoms with Gasteiger partial charge in [-0.2, -0.15) is 4.98 Å². The van der Waals surface area contributed by atoms with Crippen LogP contribution in [-0.2, 0) is 11.4 Å². The maximum Gasteiger partial charge on any atom is 1.00 e. The van der Waals surface area contributed by atoms with Crippen LogP contribution in [0.4, 0.5) is 4.39 Å². The molecule has 0 aliphatic rings. The van der Waals surface area contributed by atoms with Crippen LogP contribution in [0.1, 0.15) is 31.7 Å². The summed E-state index contributed by atoms with van der Waals surface area (Å²) >= 11 is 0. The van der Waals surface area contributed by atoms with Crippen LogP contribution in [0.15, 0.2) is 91.0 Å². The Morgan fingerprint density at radius 1 is 0.884 bits per heavy atom. The molecule has 4 aromatic carbocycles. The number of halogens is 1. The number of rotatable bonds is 12. The molecule has 0 amide bonds. The summed E-state index contributed by atoms with van der Waals surface area (Å²) in [6.07, 6.45) is 0.986. The third kappa shape index (κ3) is 8.10. The number of benzene rings is 4. The molecular formula is C34H30FN2NaO5. The smallest absolute Gasteiger partial charge is 0.546 e. The zero-order chi connectivity index (χ0) is 29.5. The molecule has 0 radical (unpaired) electrons. The van der Waals surface area contributed by atoms with E-state index in [4.69, 9.17) is 19.2 Å². The Labute approximate surface area is 272 Å². The van der Waals surface area contributed by atoms with Crippen molar-refractivity contribution in [2.75, 3.05) is 7.11 Å². The summed E-state index contributed by atoms with van der Waals surface area (Å²) in [6.45, 7) is 2.01. The molecule has 1 heterocycles. The Kier molecular flexibility index (Phi) is 11.1. The predicted octanol–water partition coefficient (Wildman–Crippen LogP) is 3.38. The molecule has 5 rings (SSSR count). The van der Waals surface area contributed by atoms with E-state index in [2.05, 4.69) is 4.98 Å². The minimum atomic E-state index is -1.22. The number of nitrogens with zero attached hydrogens (tertiary/aromatic N) is 2. The second-order valence-corrected chi connectivity index (χ2v) is 9.82. The molecule has 7 nitrogen and oxygen atoms in total. The second kappa shape index (κ2) is 15.0. The van der Waals surface area contributed by atoms with Gasteiger partial charge in [0, 0.05) is 22.8 Å². The Morgan fingerprint density at radius 2 is 1.58 bits per heavy atom. The number of hydrogen-bond acceptors (Lipinski definition) is 7. The van der Waals surface area contributed by atoms with Crippen LogP contribution >= 0.6 is 0 Å². The van der Waals surface area contributed by atoms with Gasteiger partial charge in [0.15, 0.2) is 5.82 Å². The number of carbonyl (C=O) groups is 1. The van der Waals surface area contributed by atoms with Crippen molar-refractivity contribution in [3.8, 4) is 40.0 Å². The van der Waals surface area contributed by atoms with E-state index in [1.807, 2.05) is 55.5 Å². The number of aromatic nitrogens is 2. The molecule has 0 N–H and O–H groups in total. The summed E-state index contributed by atoms with van der Waals surface area (Å²) in [5.74, 6) is 0.349. The van der Waals surface area contributed by atoms with Gasteiger partial charge in [0.1, 0.15) is 30.0 Å². The summed E-state index contributed by atoms with van der Waals surface area (Å²) in [6, 6.07) is 26.8. The van der Waals surface area contributed by atoms with Gasteiger partial charge in [-0.05, 0) is 72.1 Å². The predicted molar refractivity (Wildman–Crippen MR) is 157 cm³/mol. The van der Waals surface area contributed by atoms with E-state index in [9.17, 15) is 14.3 Å². The first-order chi connectivity index (χ1) is 20.4. The fourth-order valence-electron chi connectivity index (χ4n) is 4.52. The number of fused-ring (bicyclic) bond motifs is 1. The molecule has 0 saturated carbocycles. The monoisotopic (exact) mass is 588 g/mol. The number of carboxylic acid groups (broad SMARTS) is 1. The van der Waals surface area contributed by atoms with Gasteiger partial charge in [-0.15, -0.1) is 0 Å². The van der Waals surface area contributed by atoms with Crippen LogP contribution in [0.2, 0.25) is 0 Å².